The van der Waals surface area contributed by atoms with Crippen LogP contribution in [0.5, 0.6) is 0 Å². The molecule has 0 unspecified atom stereocenters. The fourth-order valence-electron chi connectivity index (χ4n) is 3.09. The predicted octanol–water partition coefficient (Wildman–Crippen LogP) is 2.10. The number of thiazole rings is 1. The molecule has 7 nitrogen and oxygen atoms in total. The van der Waals surface area contributed by atoms with Crippen molar-refractivity contribution in [2.24, 2.45) is 7.05 Å². The standard InChI is InChI=1S/C19H18FN5O2S/c1-23-10-15(9-21-23)25-7-6-24(11-19(25)27)18(26)8-17-22-16(12-28-17)13-2-4-14(20)5-3-13/h2-5,9-10,12H,6-8,11H2,1H3. The van der Waals surface area contributed by atoms with Gasteiger partial charge in [0.25, 0.3) is 0 Å². The van der Waals surface area contributed by atoms with E-state index in [-0.39, 0.29) is 30.6 Å². The third-order valence-electron chi connectivity index (χ3n) is 4.57. The highest BCUT2D eigenvalue weighted by Crippen LogP contribution is 2.23. The van der Waals surface area contributed by atoms with Crippen molar-refractivity contribution in [3.05, 3.63) is 52.9 Å². The van der Waals surface area contributed by atoms with Gasteiger partial charge in [-0.25, -0.2) is 9.37 Å². The van der Waals surface area contributed by atoms with Gasteiger partial charge in [-0.15, -0.1) is 11.3 Å². The Morgan fingerprint density at radius 3 is 2.71 bits per heavy atom. The van der Waals surface area contributed by atoms with Crippen molar-refractivity contribution >= 4 is 28.8 Å². The van der Waals surface area contributed by atoms with Crippen LogP contribution < -0.4 is 4.90 Å². The van der Waals surface area contributed by atoms with Gasteiger partial charge in [-0.2, -0.15) is 5.10 Å². The average Bonchev–Trinajstić information content (AvgIpc) is 3.31. The first kappa shape index (κ1) is 18.3. The zero-order valence-corrected chi connectivity index (χ0v) is 16.0. The summed E-state index contributed by atoms with van der Waals surface area (Å²) < 4.78 is 14.7. The smallest absolute Gasteiger partial charge is 0.246 e. The lowest BCUT2D eigenvalue weighted by molar-refractivity contribution is -0.136. The number of hydrogen-bond acceptors (Lipinski definition) is 5. The Balaban J connectivity index is 1.38. The first-order valence-corrected chi connectivity index (χ1v) is 9.65. The van der Waals surface area contributed by atoms with Crippen molar-refractivity contribution in [2.45, 2.75) is 6.42 Å². The van der Waals surface area contributed by atoms with Gasteiger partial charge >= 0.3 is 0 Å². The molecule has 0 bridgehead atoms. The molecule has 2 aromatic heterocycles. The van der Waals surface area contributed by atoms with Crippen LogP contribution in [-0.4, -0.2) is 51.1 Å². The summed E-state index contributed by atoms with van der Waals surface area (Å²) in [5, 5.41) is 6.60. The van der Waals surface area contributed by atoms with Crippen LogP contribution in [0.4, 0.5) is 10.1 Å². The van der Waals surface area contributed by atoms with Crippen LogP contribution in [0, 0.1) is 5.82 Å². The summed E-state index contributed by atoms with van der Waals surface area (Å²) in [6.45, 7) is 0.953. The van der Waals surface area contributed by atoms with E-state index in [0.29, 0.717) is 23.8 Å². The molecule has 9 heteroatoms. The summed E-state index contributed by atoms with van der Waals surface area (Å²) in [5.74, 6) is -0.553. The monoisotopic (exact) mass is 399 g/mol. The van der Waals surface area contributed by atoms with Gasteiger partial charge in [0.1, 0.15) is 17.4 Å². The van der Waals surface area contributed by atoms with Crippen molar-refractivity contribution in [3.63, 3.8) is 0 Å². The average molecular weight is 399 g/mol. The molecule has 3 aromatic rings. The van der Waals surface area contributed by atoms with Gasteiger partial charge in [-0.1, -0.05) is 0 Å². The summed E-state index contributed by atoms with van der Waals surface area (Å²) in [4.78, 5) is 32.7. The molecule has 1 aliphatic heterocycles. The number of amides is 2. The minimum absolute atomic E-state index is 0.0456. The number of nitrogens with zero attached hydrogens (tertiary/aromatic N) is 5. The number of rotatable bonds is 4. The molecule has 0 aliphatic carbocycles. The highest BCUT2D eigenvalue weighted by molar-refractivity contribution is 7.10. The molecule has 4 rings (SSSR count). The summed E-state index contributed by atoms with van der Waals surface area (Å²) in [6.07, 6.45) is 3.57. The third-order valence-corrected chi connectivity index (χ3v) is 5.42. The maximum absolute atomic E-state index is 13.1. The van der Waals surface area contributed by atoms with Crippen molar-refractivity contribution < 1.29 is 14.0 Å². The van der Waals surface area contributed by atoms with Gasteiger partial charge in [-0.3, -0.25) is 14.3 Å². The number of aryl methyl sites for hydroxylation is 1. The first-order chi connectivity index (χ1) is 13.5. The zero-order chi connectivity index (χ0) is 19.7. The maximum Gasteiger partial charge on any atom is 0.246 e. The summed E-state index contributed by atoms with van der Waals surface area (Å²) in [7, 11) is 1.79. The molecular weight excluding hydrogens is 381 g/mol. The molecular formula is C19H18FN5O2S. The van der Waals surface area contributed by atoms with Gasteiger partial charge in [0.2, 0.25) is 11.8 Å². The molecule has 0 spiro atoms. The molecule has 0 radical (unpaired) electrons. The predicted molar refractivity (Wildman–Crippen MR) is 103 cm³/mol. The minimum Gasteiger partial charge on any atom is -0.331 e. The number of piperazine rings is 1. The van der Waals surface area contributed by atoms with Crippen LogP contribution in [-0.2, 0) is 23.1 Å². The second-order valence-electron chi connectivity index (χ2n) is 6.54. The van der Waals surface area contributed by atoms with Crippen LogP contribution in [0.1, 0.15) is 5.01 Å². The fourth-order valence-corrected chi connectivity index (χ4v) is 3.89. The van der Waals surface area contributed by atoms with Gasteiger partial charge in [-0.05, 0) is 24.3 Å². The van der Waals surface area contributed by atoms with E-state index in [1.807, 2.05) is 5.38 Å². The van der Waals surface area contributed by atoms with E-state index in [1.54, 1.807) is 46.1 Å². The lowest BCUT2D eigenvalue weighted by Gasteiger charge is -2.33. The normalized spacial score (nSPS) is 14.6. The lowest BCUT2D eigenvalue weighted by Crippen LogP contribution is -2.52. The fraction of sp³-hybridized carbons (Fsp3) is 0.263. The van der Waals surface area contributed by atoms with Gasteiger partial charge in [0, 0.05) is 37.3 Å². The Kier molecular flexibility index (Phi) is 4.91. The summed E-state index contributed by atoms with van der Waals surface area (Å²) in [6, 6.07) is 6.08. The van der Waals surface area contributed by atoms with Crippen LogP contribution in [0.25, 0.3) is 11.3 Å². The number of benzene rings is 1. The molecule has 28 heavy (non-hydrogen) atoms. The van der Waals surface area contributed by atoms with E-state index in [0.717, 1.165) is 11.3 Å². The Morgan fingerprint density at radius 2 is 2.04 bits per heavy atom. The van der Waals surface area contributed by atoms with Crippen LogP contribution in [0.3, 0.4) is 0 Å². The number of carbonyl (C=O) groups is 2. The molecule has 1 aliphatic rings. The third kappa shape index (κ3) is 3.79. The quantitative estimate of drug-likeness (QED) is 0.674. The van der Waals surface area contributed by atoms with E-state index in [2.05, 4.69) is 10.1 Å². The molecule has 2 amide bonds. The molecule has 1 fully saturated rings. The van der Waals surface area contributed by atoms with Crippen LogP contribution >= 0.6 is 11.3 Å². The number of halogens is 1. The summed E-state index contributed by atoms with van der Waals surface area (Å²) in [5.41, 5.74) is 2.25. The molecule has 0 N–H and O–H groups in total. The van der Waals surface area contributed by atoms with Gasteiger partial charge in [0.05, 0.1) is 24.0 Å². The van der Waals surface area contributed by atoms with E-state index in [9.17, 15) is 14.0 Å². The van der Waals surface area contributed by atoms with E-state index >= 15 is 0 Å². The van der Waals surface area contributed by atoms with E-state index in [1.165, 1.54) is 23.5 Å². The van der Waals surface area contributed by atoms with Crippen molar-refractivity contribution in [3.8, 4) is 11.3 Å². The van der Waals surface area contributed by atoms with E-state index in [4.69, 9.17) is 0 Å². The summed E-state index contributed by atoms with van der Waals surface area (Å²) >= 11 is 1.38. The molecule has 144 valence electrons. The van der Waals surface area contributed by atoms with Crippen LogP contribution in [0.2, 0.25) is 0 Å². The first-order valence-electron chi connectivity index (χ1n) is 8.77. The number of hydrogen-bond donors (Lipinski definition) is 0. The highest BCUT2D eigenvalue weighted by Gasteiger charge is 2.29. The van der Waals surface area contributed by atoms with Crippen molar-refractivity contribution in [1.82, 2.24) is 19.7 Å². The molecule has 1 saturated heterocycles. The molecule has 3 heterocycles. The van der Waals surface area contributed by atoms with Crippen LogP contribution in [0.15, 0.2) is 42.0 Å². The van der Waals surface area contributed by atoms with Gasteiger partial charge < -0.3 is 9.80 Å². The Morgan fingerprint density at radius 1 is 1.25 bits per heavy atom. The second-order valence-corrected chi connectivity index (χ2v) is 7.49. The number of carbonyl (C=O) groups excluding carboxylic acids is 2. The van der Waals surface area contributed by atoms with Crippen molar-refractivity contribution in [1.29, 1.82) is 0 Å². The van der Waals surface area contributed by atoms with E-state index < -0.39 is 0 Å². The lowest BCUT2D eigenvalue weighted by atomic mass is 10.2. The molecule has 0 atom stereocenters. The Bertz CT molecular complexity index is 1010. The molecule has 0 saturated carbocycles. The highest BCUT2D eigenvalue weighted by atomic mass is 32.1. The van der Waals surface area contributed by atoms with Gasteiger partial charge in [0.15, 0.2) is 0 Å². The van der Waals surface area contributed by atoms with Crippen molar-refractivity contribution in [2.75, 3.05) is 24.5 Å². The maximum atomic E-state index is 13.1. The largest absolute Gasteiger partial charge is 0.331 e. The second kappa shape index (κ2) is 7.51. The topological polar surface area (TPSA) is 71.3 Å². The molecule has 1 aromatic carbocycles. The minimum atomic E-state index is -0.301. The Hall–Kier alpha value is -3.07. The number of aromatic nitrogens is 3. The SMILES string of the molecule is Cn1cc(N2CCN(C(=O)Cc3nc(-c4ccc(F)cc4)cs3)CC2=O)cn1. The Labute approximate surface area is 165 Å². The zero-order valence-electron chi connectivity index (χ0n) is 15.2. The number of anilines is 1.